The highest BCUT2D eigenvalue weighted by molar-refractivity contribution is 7.70. The van der Waals surface area contributed by atoms with E-state index in [1.165, 1.54) is 0 Å². The number of halogens is 1. The third-order valence-electron chi connectivity index (χ3n) is 5.40. The van der Waals surface area contributed by atoms with Crippen molar-refractivity contribution in [1.82, 2.24) is 24.6 Å². The quantitative estimate of drug-likeness (QED) is 0.530. The van der Waals surface area contributed by atoms with Crippen molar-refractivity contribution in [2.45, 2.75) is 18.9 Å². The maximum absolute atomic E-state index is 12.6. The Labute approximate surface area is 187 Å². The molecule has 0 unspecified atom stereocenters. The van der Waals surface area contributed by atoms with Crippen LogP contribution in [0.25, 0.3) is 0 Å². The van der Waals surface area contributed by atoms with Crippen molar-refractivity contribution in [3.63, 3.8) is 0 Å². The Balaban J connectivity index is 1.51. The number of benzene rings is 1. The van der Waals surface area contributed by atoms with Crippen LogP contribution in [0.5, 0.6) is 0 Å². The Bertz CT molecular complexity index is 1100. The van der Waals surface area contributed by atoms with Crippen molar-refractivity contribution in [3.05, 3.63) is 47.9 Å². The van der Waals surface area contributed by atoms with Crippen molar-refractivity contribution >= 4 is 47.2 Å². The van der Waals surface area contributed by atoms with Gasteiger partial charge in [0, 0.05) is 11.5 Å². The summed E-state index contributed by atoms with van der Waals surface area (Å²) in [5, 5.41) is 12.1. The molecule has 2 aromatic heterocycles. The molecule has 1 fully saturated rings. The van der Waals surface area contributed by atoms with Crippen LogP contribution in [0, 0.1) is 0 Å². The fraction of sp³-hybridized carbons (Fsp3) is 0.381. The third-order valence-corrected chi connectivity index (χ3v) is 7.23. The number of para-hydroxylation sites is 1. The van der Waals surface area contributed by atoms with Gasteiger partial charge in [0.1, 0.15) is 12.2 Å². The average molecular weight is 460 g/mol. The van der Waals surface area contributed by atoms with E-state index in [1.807, 2.05) is 35.1 Å². The van der Waals surface area contributed by atoms with Gasteiger partial charge in [-0.25, -0.2) is 4.98 Å². The molecule has 4 rings (SSSR count). The molecular formula is C21H27ClN7OP. The Hall–Kier alpha value is -2.41. The van der Waals surface area contributed by atoms with Crippen LogP contribution < -0.4 is 15.9 Å². The van der Waals surface area contributed by atoms with Crippen LogP contribution in [-0.4, -0.2) is 58.1 Å². The lowest BCUT2D eigenvalue weighted by Crippen LogP contribution is -2.31. The van der Waals surface area contributed by atoms with Crippen LogP contribution in [-0.2, 0) is 4.57 Å². The largest absolute Gasteiger partial charge is 0.338 e. The van der Waals surface area contributed by atoms with Gasteiger partial charge >= 0.3 is 0 Å². The van der Waals surface area contributed by atoms with Crippen LogP contribution in [0.15, 0.2) is 42.9 Å². The highest BCUT2D eigenvalue weighted by Crippen LogP contribution is 2.38. The molecule has 0 saturated carbocycles. The molecule has 1 aliphatic heterocycles. The lowest BCUT2D eigenvalue weighted by Gasteiger charge is -2.28. The number of hydrogen-bond acceptors (Lipinski definition) is 7. The molecule has 0 radical (unpaired) electrons. The Morgan fingerprint density at radius 3 is 2.61 bits per heavy atom. The molecule has 3 heterocycles. The zero-order valence-electron chi connectivity index (χ0n) is 17.9. The van der Waals surface area contributed by atoms with Crippen molar-refractivity contribution < 1.29 is 4.57 Å². The van der Waals surface area contributed by atoms with Gasteiger partial charge in [-0.15, -0.1) is 0 Å². The molecule has 31 heavy (non-hydrogen) atoms. The summed E-state index contributed by atoms with van der Waals surface area (Å²) in [6.45, 7) is 5.63. The van der Waals surface area contributed by atoms with Crippen molar-refractivity contribution in [1.29, 1.82) is 0 Å². The monoisotopic (exact) mass is 459 g/mol. The lowest BCUT2D eigenvalue weighted by atomic mass is 10.1. The van der Waals surface area contributed by atoms with E-state index in [-0.39, 0.29) is 0 Å². The molecule has 1 aliphatic rings. The standard InChI is InChI=1S/C21H27ClN7OP/c1-28-10-8-16(9-11-28)29-14-15(12-24-29)25-21-23-13-17(22)20(27-21)26-18-6-4-5-7-19(18)31(2,3)30/h4-7,12-14,16H,8-11H2,1-3H3,(H2,23,25,26,27). The first kappa shape index (κ1) is 21.8. The highest BCUT2D eigenvalue weighted by atomic mass is 35.5. The van der Waals surface area contributed by atoms with Crippen LogP contribution >= 0.6 is 18.7 Å². The molecule has 1 saturated heterocycles. The number of nitrogens with zero attached hydrogens (tertiary/aromatic N) is 5. The van der Waals surface area contributed by atoms with Gasteiger partial charge in [0.2, 0.25) is 5.95 Å². The van der Waals surface area contributed by atoms with Crippen molar-refractivity contribution in [2.75, 3.05) is 44.1 Å². The number of rotatable bonds is 6. The molecule has 0 spiro atoms. The molecule has 0 aliphatic carbocycles. The number of nitrogens with one attached hydrogen (secondary N) is 2. The van der Waals surface area contributed by atoms with E-state index >= 15 is 0 Å². The summed E-state index contributed by atoms with van der Waals surface area (Å²) in [5.74, 6) is 0.853. The van der Waals surface area contributed by atoms with Crippen LogP contribution in [0.4, 0.5) is 23.1 Å². The molecule has 0 amide bonds. The predicted molar refractivity (Wildman–Crippen MR) is 127 cm³/mol. The van der Waals surface area contributed by atoms with Crippen LogP contribution in [0.1, 0.15) is 18.9 Å². The minimum Gasteiger partial charge on any atom is -0.338 e. The summed E-state index contributed by atoms with van der Waals surface area (Å²) in [4.78, 5) is 11.1. The summed E-state index contributed by atoms with van der Waals surface area (Å²) >= 11 is 6.33. The predicted octanol–water partition coefficient (Wildman–Crippen LogP) is 4.33. The second-order valence-corrected chi connectivity index (χ2v) is 11.8. The summed E-state index contributed by atoms with van der Waals surface area (Å²) in [7, 11) is -0.321. The van der Waals surface area contributed by atoms with Gasteiger partial charge in [0.15, 0.2) is 5.82 Å². The smallest absolute Gasteiger partial charge is 0.229 e. The summed E-state index contributed by atoms with van der Waals surface area (Å²) < 4.78 is 14.7. The van der Waals surface area contributed by atoms with E-state index in [0.29, 0.717) is 22.8 Å². The number of likely N-dealkylation sites (tertiary alicyclic amines) is 1. The van der Waals surface area contributed by atoms with Gasteiger partial charge in [-0.2, -0.15) is 10.1 Å². The van der Waals surface area contributed by atoms with Gasteiger partial charge in [-0.3, -0.25) is 4.68 Å². The number of aromatic nitrogens is 4. The summed E-state index contributed by atoms with van der Waals surface area (Å²) in [5.41, 5.74) is 1.54. The summed E-state index contributed by atoms with van der Waals surface area (Å²) in [6.07, 6.45) is 7.48. The van der Waals surface area contributed by atoms with E-state index in [9.17, 15) is 4.57 Å². The van der Waals surface area contributed by atoms with E-state index in [2.05, 4.69) is 37.6 Å². The lowest BCUT2D eigenvalue weighted by molar-refractivity contribution is 0.212. The molecule has 8 nitrogen and oxygen atoms in total. The first-order valence-corrected chi connectivity index (χ1v) is 13.2. The Morgan fingerprint density at radius 1 is 1.13 bits per heavy atom. The van der Waals surface area contributed by atoms with Crippen molar-refractivity contribution in [3.8, 4) is 0 Å². The summed E-state index contributed by atoms with van der Waals surface area (Å²) in [6, 6.07) is 7.88. The van der Waals surface area contributed by atoms with Gasteiger partial charge in [0.25, 0.3) is 0 Å². The van der Waals surface area contributed by atoms with Gasteiger partial charge in [-0.05, 0) is 58.4 Å². The minimum atomic E-state index is -2.47. The minimum absolute atomic E-state index is 0.379. The molecule has 0 bridgehead atoms. The number of piperidine rings is 1. The second kappa shape index (κ2) is 8.99. The van der Waals surface area contributed by atoms with Crippen LogP contribution in [0.3, 0.4) is 0 Å². The molecule has 10 heteroatoms. The molecule has 2 N–H and O–H groups in total. The topological polar surface area (TPSA) is 88.0 Å². The molecule has 1 aromatic carbocycles. The van der Waals surface area contributed by atoms with Gasteiger partial charge in [0.05, 0.1) is 29.8 Å². The Kier molecular flexibility index (Phi) is 6.32. The number of hydrogen-bond donors (Lipinski definition) is 2. The van der Waals surface area contributed by atoms with Crippen molar-refractivity contribution in [2.24, 2.45) is 0 Å². The maximum Gasteiger partial charge on any atom is 0.229 e. The third kappa shape index (κ3) is 5.26. The molecule has 164 valence electrons. The molecular weight excluding hydrogens is 433 g/mol. The fourth-order valence-electron chi connectivity index (χ4n) is 3.68. The van der Waals surface area contributed by atoms with Crippen LogP contribution in [0.2, 0.25) is 5.02 Å². The maximum atomic E-state index is 12.6. The molecule has 0 atom stereocenters. The zero-order valence-corrected chi connectivity index (χ0v) is 19.6. The normalized spacial score (nSPS) is 15.7. The SMILES string of the molecule is CN1CCC(n2cc(Nc3ncc(Cl)c(Nc4ccccc4P(C)(C)=O)n3)cn2)CC1. The fourth-order valence-corrected chi connectivity index (χ4v) is 4.98. The first-order valence-electron chi connectivity index (χ1n) is 10.2. The number of anilines is 4. The first-order chi connectivity index (χ1) is 14.8. The second-order valence-electron chi connectivity index (χ2n) is 8.25. The Morgan fingerprint density at radius 2 is 1.87 bits per heavy atom. The van der Waals surface area contributed by atoms with Gasteiger partial charge in [-0.1, -0.05) is 23.7 Å². The average Bonchev–Trinajstić information content (AvgIpc) is 3.19. The van der Waals surface area contributed by atoms with E-state index < -0.39 is 7.14 Å². The van der Waals surface area contributed by atoms with E-state index in [4.69, 9.17) is 11.6 Å². The van der Waals surface area contributed by atoms with E-state index in [1.54, 1.807) is 25.7 Å². The zero-order chi connectivity index (χ0) is 22.0. The van der Waals surface area contributed by atoms with E-state index in [0.717, 1.165) is 42.6 Å². The molecule has 3 aromatic rings. The van der Waals surface area contributed by atoms with Gasteiger partial charge < -0.3 is 20.1 Å². The highest BCUT2D eigenvalue weighted by Gasteiger charge is 2.20.